The predicted molar refractivity (Wildman–Crippen MR) is 86.1 cm³/mol. The molecule has 0 amide bonds. The summed E-state index contributed by atoms with van der Waals surface area (Å²) in [6, 6.07) is 12.0. The average molecular weight is 334 g/mol. The minimum absolute atomic E-state index is 0.114. The Bertz CT molecular complexity index is 862. The SMILES string of the molecule is O=C(Cl)c1cc(Cc2ccc(Cl)nc2)c2ccccc2c1F. The molecular formula is C17H10Cl2FNO. The van der Waals surface area contributed by atoms with E-state index in [9.17, 15) is 9.18 Å². The molecule has 0 aliphatic rings. The molecule has 3 aromatic rings. The lowest BCUT2D eigenvalue weighted by molar-refractivity contribution is 0.107. The Balaban J connectivity index is 2.17. The summed E-state index contributed by atoms with van der Waals surface area (Å²) in [5, 5.41) is 0.727. The quantitative estimate of drug-likeness (QED) is 0.498. The molecule has 0 spiro atoms. The van der Waals surface area contributed by atoms with E-state index in [1.807, 2.05) is 18.2 Å². The molecule has 0 aliphatic carbocycles. The van der Waals surface area contributed by atoms with Gasteiger partial charge >= 0.3 is 0 Å². The molecule has 0 unspecified atom stereocenters. The highest BCUT2D eigenvalue weighted by atomic mass is 35.5. The Labute approximate surface area is 136 Å². The maximum Gasteiger partial charge on any atom is 0.255 e. The van der Waals surface area contributed by atoms with Gasteiger partial charge in [-0.1, -0.05) is 41.9 Å². The summed E-state index contributed by atoms with van der Waals surface area (Å²) >= 11 is 11.3. The second-order valence-electron chi connectivity index (χ2n) is 4.88. The largest absolute Gasteiger partial charge is 0.275 e. The zero-order chi connectivity index (χ0) is 15.7. The maximum absolute atomic E-state index is 14.4. The molecular weight excluding hydrogens is 324 g/mol. The number of hydrogen-bond acceptors (Lipinski definition) is 2. The van der Waals surface area contributed by atoms with Crippen LogP contribution in [0.25, 0.3) is 10.8 Å². The molecule has 1 heterocycles. The van der Waals surface area contributed by atoms with E-state index in [1.54, 1.807) is 24.4 Å². The van der Waals surface area contributed by atoms with E-state index < -0.39 is 11.1 Å². The van der Waals surface area contributed by atoms with Crippen molar-refractivity contribution >= 4 is 39.2 Å². The van der Waals surface area contributed by atoms with Crippen molar-refractivity contribution in [3.8, 4) is 0 Å². The fraction of sp³-hybridized carbons (Fsp3) is 0.0588. The van der Waals surface area contributed by atoms with Crippen LogP contribution in [0.2, 0.25) is 5.15 Å². The second-order valence-corrected chi connectivity index (χ2v) is 5.61. The number of benzene rings is 2. The van der Waals surface area contributed by atoms with Crippen molar-refractivity contribution < 1.29 is 9.18 Å². The van der Waals surface area contributed by atoms with Gasteiger partial charge in [0.1, 0.15) is 11.0 Å². The summed E-state index contributed by atoms with van der Waals surface area (Å²) in [6.45, 7) is 0. The molecule has 110 valence electrons. The van der Waals surface area contributed by atoms with Gasteiger partial charge in [-0.25, -0.2) is 9.37 Å². The first-order chi connectivity index (χ1) is 10.6. The zero-order valence-electron chi connectivity index (χ0n) is 11.3. The Hall–Kier alpha value is -1.97. The van der Waals surface area contributed by atoms with E-state index in [0.29, 0.717) is 17.0 Å². The first-order valence-electron chi connectivity index (χ1n) is 6.56. The number of aromatic nitrogens is 1. The third-order valence-electron chi connectivity index (χ3n) is 3.46. The van der Waals surface area contributed by atoms with Crippen molar-refractivity contribution in [1.82, 2.24) is 4.98 Å². The van der Waals surface area contributed by atoms with Crippen molar-refractivity contribution in [2.75, 3.05) is 0 Å². The number of carbonyl (C=O) groups is 1. The van der Waals surface area contributed by atoms with Gasteiger partial charge in [-0.3, -0.25) is 4.79 Å². The molecule has 0 atom stereocenters. The zero-order valence-corrected chi connectivity index (χ0v) is 12.8. The molecule has 0 fully saturated rings. The normalized spacial score (nSPS) is 10.9. The van der Waals surface area contributed by atoms with Crippen LogP contribution in [0.15, 0.2) is 48.7 Å². The molecule has 0 bridgehead atoms. The molecule has 0 N–H and O–H groups in total. The molecule has 1 aromatic heterocycles. The molecule has 2 aromatic carbocycles. The van der Waals surface area contributed by atoms with Crippen molar-refractivity contribution in [1.29, 1.82) is 0 Å². The lowest BCUT2D eigenvalue weighted by atomic mass is 9.96. The van der Waals surface area contributed by atoms with Crippen LogP contribution in [0, 0.1) is 5.82 Å². The van der Waals surface area contributed by atoms with Crippen molar-refractivity contribution in [2.45, 2.75) is 6.42 Å². The van der Waals surface area contributed by atoms with Gasteiger partial charge in [0.05, 0.1) is 5.56 Å². The van der Waals surface area contributed by atoms with E-state index in [0.717, 1.165) is 16.5 Å². The van der Waals surface area contributed by atoms with Crippen LogP contribution in [0.4, 0.5) is 4.39 Å². The van der Waals surface area contributed by atoms with Crippen LogP contribution >= 0.6 is 23.2 Å². The Morgan fingerprint density at radius 1 is 1.14 bits per heavy atom. The van der Waals surface area contributed by atoms with Gasteiger partial charge < -0.3 is 0 Å². The van der Waals surface area contributed by atoms with E-state index in [2.05, 4.69) is 4.98 Å². The molecule has 0 saturated heterocycles. The monoisotopic (exact) mass is 333 g/mol. The van der Waals surface area contributed by atoms with Gasteiger partial charge in [0.25, 0.3) is 5.24 Å². The first-order valence-corrected chi connectivity index (χ1v) is 7.32. The number of nitrogens with zero attached hydrogens (tertiary/aromatic N) is 1. The number of halogens is 3. The Morgan fingerprint density at radius 2 is 1.86 bits per heavy atom. The third kappa shape index (κ3) is 2.82. The molecule has 3 rings (SSSR count). The number of carbonyl (C=O) groups excluding carboxylic acids is 1. The number of rotatable bonds is 3. The van der Waals surface area contributed by atoms with Crippen LogP contribution in [0.5, 0.6) is 0 Å². The van der Waals surface area contributed by atoms with Crippen LogP contribution < -0.4 is 0 Å². The average Bonchev–Trinajstić information content (AvgIpc) is 2.52. The summed E-state index contributed by atoms with van der Waals surface area (Å²) in [4.78, 5) is 15.5. The topological polar surface area (TPSA) is 30.0 Å². The molecule has 2 nitrogen and oxygen atoms in total. The summed E-state index contributed by atoms with van der Waals surface area (Å²) in [7, 11) is 0. The Kier molecular flexibility index (Phi) is 4.10. The molecule has 0 aliphatic heterocycles. The highest BCUT2D eigenvalue weighted by Crippen LogP contribution is 2.28. The van der Waals surface area contributed by atoms with Gasteiger partial charge in [-0.2, -0.15) is 0 Å². The number of hydrogen-bond donors (Lipinski definition) is 0. The van der Waals surface area contributed by atoms with E-state index >= 15 is 0 Å². The number of pyridine rings is 1. The van der Waals surface area contributed by atoms with Crippen LogP contribution in [0.3, 0.4) is 0 Å². The van der Waals surface area contributed by atoms with Gasteiger partial charge in [-0.05, 0) is 46.7 Å². The van der Waals surface area contributed by atoms with Gasteiger partial charge in [0.15, 0.2) is 0 Å². The number of fused-ring (bicyclic) bond motifs is 1. The lowest BCUT2D eigenvalue weighted by Crippen LogP contribution is -2.00. The van der Waals surface area contributed by atoms with Gasteiger partial charge in [-0.15, -0.1) is 0 Å². The van der Waals surface area contributed by atoms with Crippen LogP contribution in [-0.2, 0) is 6.42 Å². The highest BCUT2D eigenvalue weighted by Gasteiger charge is 2.16. The standard InChI is InChI=1S/C17H10Cl2FNO/c18-15-6-5-10(9-21-15)7-11-8-14(17(19)22)16(20)13-4-2-1-3-12(11)13/h1-6,8-9H,7H2. The van der Waals surface area contributed by atoms with E-state index in [1.165, 1.54) is 6.07 Å². The lowest BCUT2D eigenvalue weighted by Gasteiger charge is -2.10. The summed E-state index contributed by atoms with van der Waals surface area (Å²) in [5.74, 6) is -0.589. The summed E-state index contributed by atoms with van der Waals surface area (Å²) in [5.41, 5.74) is 1.61. The molecule has 0 radical (unpaired) electrons. The highest BCUT2D eigenvalue weighted by molar-refractivity contribution is 6.67. The van der Waals surface area contributed by atoms with Gasteiger partial charge in [0, 0.05) is 11.6 Å². The third-order valence-corrected chi connectivity index (χ3v) is 3.89. The molecule has 0 saturated carbocycles. The summed E-state index contributed by atoms with van der Waals surface area (Å²) in [6.07, 6.45) is 2.16. The fourth-order valence-electron chi connectivity index (χ4n) is 2.44. The van der Waals surface area contributed by atoms with E-state index in [-0.39, 0.29) is 5.56 Å². The Morgan fingerprint density at radius 3 is 2.50 bits per heavy atom. The first kappa shape index (κ1) is 14.9. The van der Waals surface area contributed by atoms with Crippen molar-refractivity contribution in [3.05, 3.63) is 76.3 Å². The van der Waals surface area contributed by atoms with E-state index in [4.69, 9.17) is 23.2 Å². The summed E-state index contributed by atoms with van der Waals surface area (Å²) < 4.78 is 14.4. The molecule has 5 heteroatoms. The molecule has 22 heavy (non-hydrogen) atoms. The minimum atomic E-state index is -0.807. The van der Waals surface area contributed by atoms with Crippen molar-refractivity contribution in [2.24, 2.45) is 0 Å². The second kappa shape index (κ2) is 6.03. The minimum Gasteiger partial charge on any atom is -0.275 e. The van der Waals surface area contributed by atoms with Crippen molar-refractivity contribution in [3.63, 3.8) is 0 Å². The smallest absolute Gasteiger partial charge is 0.255 e. The fourth-order valence-corrected chi connectivity index (χ4v) is 2.68. The maximum atomic E-state index is 14.4. The predicted octanol–water partition coefficient (Wildman–Crippen LogP) is 5.00. The van der Waals surface area contributed by atoms with Crippen LogP contribution in [-0.4, -0.2) is 10.2 Å². The van der Waals surface area contributed by atoms with Gasteiger partial charge in [0.2, 0.25) is 0 Å². The van der Waals surface area contributed by atoms with Crippen LogP contribution in [0.1, 0.15) is 21.5 Å².